The number of aromatic nitrogens is 3. The highest BCUT2D eigenvalue weighted by atomic mass is 16.5. The minimum Gasteiger partial charge on any atom is -0.493 e. The highest BCUT2D eigenvalue weighted by Gasteiger charge is 2.26. The van der Waals surface area contributed by atoms with E-state index in [4.69, 9.17) is 9.47 Å². The van der Waals surface area contributed by atoms with Crippen LogP contribution in [-0.4, -0.2) is 66.4 Å². The van der Waals surface area contributed by atoms with Gasteiger partial charge in [-0.25, -0.2) is 0 Å². The molecule has 9 heteroatoms. The first-order chi connectivity index (χ1) is 15.2. The molecule has 1 aliphatic rings. The molecule has 0 bridgehead atoms. The quantitative estimate of drug-likeness (QED) is 0.651. The van der Waals surface area contributed by atoms with Crippen molar-refractivity contribution in [1.29, 1.82) is 0 Å². The zero-order valence-electron chi connectivity index (χ0n) is 17.5. The SMILES string of the molecule is COc1cccc(C(=O)N2CCN(c3ccc(Nc4ccncc4)nn3)CC2)c1OC. The van der Waals surface area contributed by atoms with E-state index in [9.17, 15) is 4.79 Å². The largest absolute Gasteiger partial charge is 0.493 e. The molecule has 0 atom stereocenters. The molecule has 3 heterocycles. The monoisotopic (exact) mass is 420 g/mol. The number of methoxy groups -OCH3 is 2. The number of amides is 1. The van der Waals surface area contributed by atoms with E-state index in [2.05, 4.69) is 25.4 Å². The van der Waals surface area contributed by atoms with E-state index >= 15 is 0 Å². The molecule has 0 radical (unpaired) electrons. The second-order valence-electron chi connectivity index (χ2n) is 6.96. The Morgan fingerprint density at radius 1 is 0.935 bits per heavy atom. The third-order valence-corrected chi connectivity index (χ3v) is 5.13. The van der Waals surface area contributed by atoms with Gasteiger partial charge in [-0.3, -0.25) is 9.78 Å². The standard InChI is InChI=1S/C22H24N6O3/c1-30-18-5-3-4-17(21(18)31-2)22(29)28-14-12-27(13-15-28)20-7-6-19(25-26-20)24-16-8-10-23-11-9-16/h3-11H,12-15H2,1-2H3,(H,23,24,25). The molecular weight excluding hydrogens is 396 g/mol. The number of anilines is 3. The van der Waals surface area contributed by atoms with Crippen LogP contribution in [-0.2, 0) is 0 Å². The van der Waals surface area contributed by atoms with Crippen LogP contribution in [0.3, 0.4) is 0 Å². The normalized spacial score (nSPS) is 13.6. The van der Waals surface area contributed by atoms with Gasteiger partial charge in [0.15, 0.2) is 23.1 Å². The van der Waals surface area contributed by atoms with Crippen molar-refractivity contribution in [2.24, 2.45) is 0 Å². The Kier molecular flexibility index (Phi) is 6.11. The van der Waals surface area contributed by atoms with E-state index in [1.54, 1.807) is 44.8 Å². The first kappa shape index (κ1) is 20.4. The molecule has 1 fully saturated rings. The van der Waals surface area contributed by atoms with E-state index in [0.717, 1.165) is 11.5 Å². The maximum Gasteiger partial charge on any atom is 0.257 e. The summed E-state index contributed by atoms with van der Waals surface area (Å²) < 4.78 is 10.7. The molecule has 0 aliphatic carbocycles. The lowest BCUT2D eigenvalue weighted by Crippen LogP contribution is -2.49. The number of para-hydroxylation sites is 1. The van der Waals surface area contributed by atoms with Crippen molar-refractivity contribution >= 4 is 23.2 Å². The number of ether oxygens (including phenoxy) is 2. The minimum atomic E-state index is -0.0709. The predicted molar refractivity (Wildman–Crippen MR) is 117 cm³/mol. The molecule has 2 aromatic heterocycles. The molecule has 0 saturated carbocycles. The van der Waals surface area contributed by atoms with Crippen molar-refractivity contribution in [3.8, 4) is 11.5 Å². The lowest BCUT2D eigenvalue weighted by molar-refractivity contribution is 0.0742. The minimum absolute atomic E-state index is 0.0709. The van der Waals surface area contributed by atoms with Crippen LogP contribution >= 0.6 is 0 Å². The Morgan fingerprint density at radius 2 is 1.71 bits per heavy atom. The number of pyridine rings is 1. The third kappa shape index (κ3) is 4.50. The molecular formula is C22H24N6O3. The molecule has 4 rings (SSSR count). The van der Waals surface area contributed by atoms with Gasteiger partial charge in [-0.2, -0.15) is 0 Å². The average molecular weight is 420 g/mol. The number of nitrogens with one attached hydrogen (secondary N) is 1. The summed E-state index contributed by atoms with van der Waals surface area (Å²) in [7, 11) is 3.10. The second kappa shape index (κ2) is 9.29. The van der Waals surface area contributed by atoms with Gasteiger partial charge in [-0.1, -0.05) is 6.07 Å². The van der Waals surface area contributed by atoms with E-state index < -0.39 is 0 Å². The van der Waals surface area contributed by atoms with Gasteiger partial charge in [0, 0.05) is 44.3 Å². The van der Waals surface area contributed by atoms with Gasteiger partial charge in [-0.15, -0.1) is 10.2 Å². The molecule has 1 saturated heterocycles. The lowest BCUT2D eigenvalue weighted by Gasteiger charge is -2.35. The fraction of sp³-hybridized carbons (Fsp3) is 0.273. The first-order valence-corrected chi connectivity index (χ1v) is 9.95. The van der Waals surface area contributed by atoms with Crippen molar-refractivity contribution in [3.05, 3.63) is 60.4 Å². The van der Waals surface area contributed by atoms with Crippen LogP contribution in [0.2, 0.25) is 0 Å². The second-order valence-corrected chi connectivity index (χ2v) is 6.96. The van der Waals surface area contributed by atoms with Gasteiger partial charge in [0.2, 0.25) is 0 Å². The lowest BCUT2D eigenvalue weighted by atomic mass is 10.1. The summed E-state index contributed by atoms with van der Waals surface area (Å²) in [6, 6.07) is 12.9. The molecule has 31 heavy (non-hydrogen) atoms. The van der Waals surface area contributed by atoms with Crippen molar-refractivity contribution in [2.45, 2.75) is 0 Å². The molecule has 1 N–H and O–H groups in total. The smallest absolute Gasteiger partial charge is 0.257 e. The van der Waals surface area contributed by atoms with E-state index in [0.29, 0.717) is 49.1 Å². The highest BCUT2D eigenvalue weighted by molar-refractivity contribution is 5.98. The topological polar surface area (TPSA) is 92.7 Å². The summed E-state index contributed by atoms with van der Waals surface area (Å²) in [4.78, 5) is 21.0. The summed E-state index contributed by atoms with van der Waals surface area (Å²) in [5, 5.41) is 11.8. The Morgan fingerprint density at radius 3 is 2.35 bits per heavy atom. The van der Waals surface area contributed by atoms with Crippen LogP contribution in [0.25, 0.3) is 0 Å². The van der Waals surface area contributed by atoms with Crippen LogP contribution in [0.5, 0.6) is 11.5 Å². The van der Waals surface area contributed by atoms with Gasteiger partial charge in [-0.05, 0) is 36.4 Å². The number of hydrogen-bond donors (Lipinski definition) is 1. The Hall–Kier alpha value is -3.88. The summed E-state index contributed by atoms with van der Waals surface area (Å²) in [5.74, 6) is 2.38. The summed E-state index contributed by atoms with van der Waals surface area (Å²) >= 11 is 0. The molecule has 1 amide bonds. The van der Waals surface area contributed by atoms with Gasteiger partial charge in [0.1, 0.15) is 0 Å². The van der Waals surface area contributed by atoms with Crippen molar-refractivity contribution in [2.75, 3.05) is 50.6 Å². The van der Waals surface area contributed by atoms with Crippen LogP contribution in [0, 0.1) is 0 Å². The number of benzene rings is 1. The van der Waals surface area contributed by atoms with Crippen LogP contribution in [0.1, 0.15) is 10.4 Å². The Labute approximate surface area is 180 Å². The maximum atomic E-state index is 13.0. The van der Waals surface area contributed by atoms with Crippen molar-refractivity contribution in [1.82, 2.24) is 20.1 Å². The van der Waals surface area contributed by atoms with Crippen LogP contribution in [0.4, 0.5) is 17.3 Å². The zero-order chi connectivity index (χ0) is 21.6. The average Bonchev–Trinajstić information content (AvgIpc) is 2.84. The van der Waals surface area contributed by atoms with Gasteiger partial charge < -0.3 is 24.6 Å². The van der Waals surface area contributed by atoms with Gasteiger partial charge in [0.25, 0.3) is 5.91 Å². The fourth-order valence-electron chi connectivity index (χ4n) is 3.51. The highest BCUT2D eigenvalue weighted by Crippen LogP contribution is 2.31. The molecule has 160 valence electrons. The number of piperazine rings is 1. The molecule has 3 aromatic rings. The third-order valence-electron chi connectivity index (χ3n) is 5.13. The van der Waals surface area contributed by atoms with Crippen molar-refractivity contribution in [3.63, 3.8) is 0 Å². The zero-order valence-corrected chi connectivity index (χ0v) is 17.5. The maximum absolute atomic E-state index is 13.0. The summed E-state index contributed by atoms with van der Waals surface area (Å²) in [6.45, 7) is 2.50. The number of rotatable bonds is 6. The van der Waals surface area contributed by atoms with E-state index in [1.807, 2.05) is 29.2 Å². The Balaban J connectivity index is 1.38. The number of hydrogen-bond acceptors (Lipinski definition) is 8. The first-order valence-electron chi connectivity index (χ1n) is 9.95. The molecule has 1 aromatic carbocycles. The fourth-order valence-corrected chi connectivity index (χ4v) is 3.51. The van der Waals surface area contributed by atoms with Crippen LogP contribution < -0.4 is 19.7 Å². The van der Waals surface area contributed by atoms with Gasteiger partial charge >= 0.3 is 0 Å². The molecule has 9 nitrogen and oxygen atoms in total. The summed E-state index contributed by atoms with van der Waals surface area (Å²) in [5.41, 5.74) is 1.40. The van der Waals surface area contributed by atoms with Crippen LogP contribution in [0.15, 0.2) is 54.9 Å². The molecule has 1 aliphatic heterocycles. The predicted octanol–water partition coefficient (Wildman–Crippen LogP) is 2.59. The number of nitrogens with zero attached hydrogens (tertiary/aromatic N) is 5. The number of carbonyl (C=O) groups is 1. The van der Waals surface area contributed by atoms with Crippen molar-refractivity contribution < 1.29 is 14.3 Å². The Bertz CT molecular complexity index is 1020. The van der Waals surface area contributed by atoms with E-state index in [-0.39, 0.29) is 5.91 Å². The van der Waals surface area contributed by atoms with E-state index in [1.165, 1.54) is 0 Å². The molecule has 0 unspecified atom stereocenters. The molecule has 0 spiro atoms. The summed E-state index contributed by atoms with van der Waals surface area (Å²) in [6.07, 6.45) is 3.43. The number of carbonyl (C=O) groups excluding carboxylic acids is 1. The van der Waals surface area contributed by atoms with Gasteiger partial charge in [0.05, 0.1) is 19.8 Å².